The van der Waals surface area contributed by atoms with Gasteiger partial charge in [-0.05, 0) is 23.8 Å². The number of rotatable bonds is 5. The van der Waals surface area contributed by atoms with Crippen molar-refractivity contribution in [2.75, 3.05) is 13.1 Å². The lowest BCUT2D eigenvalue weighted by Gasteiger charge is -2.20. The summed E-state index contributed by atoms with van der Waals surface area (Å²) in [7, 11) is 0. The maximum atomic E-state index is 12.4. The van der Waals surface area contributed by atoms with Crippen molar-refractivity contribution >= 4 is 11.9 Å². The molecule has 1 fully saturated rings. The number of aliphatic carboxylic acids is 1. The van der Waals surface area contributed by atoms with Crippen LogP contribution < -0.4 is 0 Å². The molecule has 4 heteroatoms. The highest BCUT2D eigenvalue weighted by molar-refractivity contribution is 5.79. The molecule has 1 aliphatic heterocycles. The van der Waals surface area contributed by atoms with E-state index in [1.54, 1.807) is 4.90 Å². The minimum atomic E-state index is -0.798. The number of hydrogen-bond acceptors (Lipinski definition) is 2. The lowest BCUT2D eigenvalue weighted by molar-refractivity contribution is -0.142. The highest BCUT2D eigenvalue weighted by Gasteiger charge is 2.37. The Bertz CT molecular complexity index is 500. The molecule has 1 amide bonds. The molecule has 4 nitrogen and oxygen atoms in total. The van der Waals surface area contributed by atoms with E-state index in [0.29, 0.717) is 19.5 Å². The van der Waals surface area contributed by atoms with E-state index in [1.165, 1.54) is 5.56 Å². The molecule has 114 valence electrons. The first-order valence-corrected chi connectivity index (χ1v) is 7.58. The highest BCUT2D eigenvalue weighted by Crippen LogP contribution is 2.28. The van der Waals surface area contributed by atoms with Gasteiger partial charge in [-0.25, -0.2) is 0 Å². The van der Waals surface area contributed by atoms with Crippen LogP contribution in [0.1, 0.15) is 38.2 Å². The first-order chi connectivity index (χ1) is 10.0. The lowest BCUT2D eigenvalue weighted by Crippen LogP contribution is -2.31. The zero-order chi connectivity index (χ0) is 15.4. The number of hydrogen-bond donors (Lipinski definition) is 1. The minimum absolute atomic E-state index is 0.0308. The third-order valence-corrected chi connectivity index (χ3v) is 4.47. The number of carbonyl (C=O) groups excluding carboxylic acids is 1. The van der Waals surface area contributed by atoms with Gasteiger partial charge in [0, 0.05) is 19.5 Å². The van der Waals surface area contributed by atoms with Gasteiger partial charge in [-0.3, -0.25) is 9.59 Å². The third-order valence-electron chi connectivity index (χ3n) is 4.47. The molecule has 0 spiro atoms. The Labute approximate surface area is 125 Å². The number of amides is 1. The molecule has 1 saturated heterocycles. The van der Waals surface area contributed by atoms with Crippen molar-refractivity contribution in [1.82, 2.24) is 4.90 Å². The first kappa shape index (κ1) is 15.5. The fourth-order valence-corrected chi connectivity index (χ4v) is 3.05. The second-order valence-electron chi connectivity index (χ2n) is 5.94. The van der Waals surface area contributed by atoms with Crippen molar-refractivity contribution in [3.63, 3.8) is 0 Å². The second-order valence-corrected chi connectivity index (χ2v) is 5.94. The fourth-order valence-electron chi connectivity index (χ4n) is 3.05. The summed E-state index contributed by atoms with van der Waals surface area (Å²) in [4.78, 5) is 25.3. The van der Waals surface area contributed by atoms with Gasteiger partial charge in [-0.2, -0.15) is 0 Å². The van der Waals surface area contributed by atoms with Gasteiger partial charge < -0.3 is 10.0 Å². The van der Waals surface area contributed by atoms with Crippen LogP contribution in [0.15, 0.2) is 30.3 Å². The van der Waals surface area contributed by atoms with E-state index in [0.717, 1.165) is 6.42 Å². The summed E-state index contributed by atoms with van der Waals surface area (Å²) in [6.45, 7) is 4.89. The number of nitrogens with zero attached hydrogens (tertiary/aromatic N) is 1. The summed E-state index contributed by atoms with van der Waals surface area (Å²) in [6.07, 6.45) is 1.36. The summed E-state index contributed by atoms with van der Waals surface area (Å²) >= 11 is 0. The summed E-state index contributed by atoms with van der Waals surface area (Å²) in [5.41, 5.74) is 1.18. The third kappa shape index (κ3) is 3.63. The van der Waals surface area contributed by atoms with Gasteiger partial charge in [-0.15, -0.1) is 0 Å². The standard InChI is InChI=1S/C17H23NO3/c1-3-13(14-7-5-4-6-8-14)9-16(19)18-10-12(2)15(11-18)17(20)21/h4-8,12-13,15H,3,9-11H2,1-2H3,(H,20,21)/t12-,13?,15-/m1/s1. The van der Waals surface area contributed by atoms with E-state index < -0.39 is 11.9 Å². The number of carboxylic acid groups (broad SMARTS) is 1. The van der Waals surface area contributed by atoms with Crippen molar-refractivity contribution < 1.29 is 14.7 Å². The van der Waals surface area contributed by atoms with Crippen LogP contribution in [-0.4, -0.2) is 35.0 Å². The lowest BCUT2D eigenvalue weighted by atomic mass is 9.93. The summed E-state index contributed by atoms with van der Waals surface area (Å²) in [6, 6.07) is 10.0. The van der Waals surface area contributed by atoms with E-state index in [4.69, 9.17) is 5.11 Å². The van der Waals surface area contributed by atoms with Crippen LogP contribution in [0, 0.1) is 11.8 Å². The van der Waals surface area contributed by atoms with Crippen LogP contribution in [-0.2, 0) is 9.59 Å². The van der Waals surface area contributed by atoms with Gasteiger partial charge in [0.1, 0.15) is 0 Å². The van der Waals surface area contributed by atoms with Crippen molar-refractivity contribution in [3.05, 3.63) is 35.9 Å². The van der Waals surface area contributed by atoms with Crippen LogP contribution in [0.25, 0.3) is 0 Å². The Morgan fingerprint density at radius 1 is 1.29 bits per heavy atom. The van der Waals surface area contributed by atoms with Gasteiger partial charge in [0.25, 0.3) is 0 Å². The van der Waals surface area contributed by atoms with Crippen molar-refractivity contribution in [3.8, 4) is 0 Å². The van der Waals surface area contributed by atoms with Crippen LogP contribution in [0.4, 0.5) is 0 Å². The Morgan fingerprint density at radius 3 is 2.48 bits per heavy atom. The number of likely N-dealkylation sites (tertiary alicyclic amines) is 1. The molecule has 1 aromatic carbocycles. The Hall–Kier alpha value is -1.84. The van der Waals surface area contributed by atoms with Crippen molar-refractivity contribution in [1.29, 1.82) is 0 Å². The largest absolute Gasteiger partial charge is 0.481 e. The van der Waals surface area contributed by atoms with Gasteiger partial charge in [-0.1, -0.05) is 44.2 Å². The quantitative estimate of drug-likeness (QED) is 0.906. The van der Waals surface area contributed by atoms with Gasteiger partial charge in [0.05, 0.1) is 5.92 Å². The van der Waals surface area contributed by atoms with Gasteiger partial charge >= 0.3 is 5.97 Å². The summed E-state index contributed by atoms with van der Waals surface area (Å²) in [5.74, 6) is -0.916. The smallest absolute Gasteiger partial charge is 0.308 e. The molecule has 3 atom stereocenters. The Balaban J connectivity index is 1.99. The average molecular weight is 289 g/mol. The number of carbonyl (C=O) groups is 2. The Morgan fingerprint density at radius 2 is 1.95 bits per heavy atom. The molecular formula is C17H23NO3. The van der Waals surface area contributed by atoms with E-state index in [1.807, 2.05) is 37.3 Å². The number of benzene rings is 1. The molecule has 1 N–H and O–H groups in total. The zero-order valence-electron chi connectivity index (χ0n) is 12.7. The zero-order valence-corrected chi connectivity index (χ0v) is 12.7. The molecule has 0 bridgehead atoms. The maximum absolute atomic E-state index is 12.4. The predicted molar refractivity (Wildman–Crippen MR) is 81.0 cm³/mol. The van der Waals surface area contributed by atoms with E-state index >= 15 is 0 Å². The fraction of sp³-hybridized carbons (Fsp3) is 0.529. The normalized spacial score (nSPS) is 23.0. The van der Waals surface area contributed by atoms with Crippen LogP contribution in [0.5, 0.6) is 0 Å². The topological polar surface area (TPSA) is 57.6 Å². The van der Waals surface area contributed by atoms with Crippen LogP contribution >= 0.6 is 0 Å². The molecule has 1 aromatic rings. The highest BCUT2D eigenvalue weighted by atomic mass is 16.4. The van der Waals surface area contributed by atoms with Crippen molar-refractivity contribution in [2.24, 2.45) is 11.8 Å². The molecular weight excluding hydrogens is 266 g/mol. The van der Waals surface area contributed by atoms with Crippen molar-refractivity contribution in [2.45, 2.75) is 32.6 Å². The van der Waals surface area contributed by atoms with Crippen LogP contribution in [0.2, 0.25) is 0 Å². The average Bonchev–Trinajstić information content (AvgIpc) is 2.87. The second kappa shape index (κ2) is 6.74. The molecule has 1 heterocycles. The van der Waals surface area contributed by atoms with Crippen LogP contribution in [0.3, 0.4) is 0 Å². The molecule has 0 radical (unpaired) electrons. The molecule has 0 saturated carbocycles. The number of carboxylic acids is 1. The first-order valence-electron chi connectivity index (χ1n) is 7.58. The molecule has 0 aromatic heterocycles. The van der Waals surface area contributed by atoms with E-state index in [2.05, 4.69) is 6.92 Å². The summed E-state index contributed by atoms with van der Waals surface area (Å²) < 4.78 is 0. The van der Waals surface area contributed by atoms with Gasteiger partial charge in [0.2, 0.25) is 5.91 Å². The monoisotopic (exact) mass is 289 g/mol. The minimum Gasteiger partial charge on any atom is -0.481 e. The Kier molecular flexibility index (Phi) is 4.99. The molecule has 1 unspecified atom stereocenters. The molecule has 1 aliphatic rings. The summed E-state index contributed by atoms with van der Waals surface area (Å²) in [5, 5.41) is 9.15. The van der Waals surface area contributed by atoms with E-state index in [-0.39, 0.29) is 17.7 Å². The predicted octanol–water partition coefficient (Wildman–Crippen LogP) is 2.75. The SMILES string of the molecule is CCC(CC(=O)N1C[C@@H](C)[C@H](C(=O)O)C1)c1ccccc1. The maximum Gasteiger partial charge on any atom is 0.308 e. The molecule has 0 aliphatic carbocycles. The molecule has 21 heavy (non-hydrogen) atoms. The van der Waals surface area contributed by atoms with E-state index in [9.17, 15) is 9.59 Å². The van der Waals surface area contributed by atoms with Gasteiger partial charge in [0.15, 0.2) is 0 Å². The molecule has 2 rings (SSSR count).